The van der Waals surface area contributed by atoms with Gasteiger partial charge in [-0.15, -0.1) is 0 Å². The summed E-state index contributed by atoms with van der Waals surface area (Å²) in [5.74, 6) is -0.391. The highest BCUT2D eigenvalue weighted by Gasteiger charge is 2.24. The predicted molar refractivity (Wildman–Crippen MR) is 106 cm³/mol. The maximum Gasteiger partial charge on any atom is 0.330 e. The average Bonchev–Trinajstić information content (AvgIpc) is 2.85. The van der Waals surface area contributed by atoms with Crippen molar-refractivity contribution in [1.82, 2.24) is 0 Å². The van der Waals surface area contributed by atoms with E-state index < -0.39 is 0 Å². The Hall–Kier alpha value is -3.21. The molecule has 0 radical (unpaired) electrons. The van der Waals surface area contributed by atoms with Gasteiger partial charge in [0.15, 0.2) is 0 Å². The summed E-state index contributed by atoms with van der Waals surface area (Å²) < 4.78 is 4.58. The third kappa shape index (κ3) is 4.50. The number of allylic oxidation sites excluding steroid dienone is 1. The molecule has 138 valence electrons. The number of ether oxygens (including phenoxy) is 1. The van der Waals surface area contributed by atoms with Gasteiger partial charge in [-0.1, -0.05) is 54.6 Å². The van der Waals surface area contributed by atoms with E-state index in [9.17, 15) is 9.59 Å². The molecule has 5 nitrogen and oxygen atoms in total. The van der Waals surface area contributed by atoms with Crippen LogP contribution in [0, 0.1) is 0 Å². The van der Waals surface area contributed by atoms with Crippen molar-refractivity contribution < 1.29 is 14.3 Å². The van der Waals surface area contributed by atoms with Crippen molar-refractivity contribution in [3.05, 3.63) is 77.9 Å². The van der Waals surface area contributed by atoms with Crippen LogP contribution in [0.4, 0.5) is 5.69 Å². The molecule has 1 amide bonds. The van der Waals surface area contributed by atoms with Gasteiger partial charge in [-0.25, -0.2) is 4.79 Å². The molecular formula is C22H22N2O3. The Morgan fingerprint density at radius 3 is 2.67 bits per heavy atom. The van der Waals surface area contributed by atoms with Crippen molar-refractivity contribution in [1.29, 1.82) is 0 Å². The second-order valence-corrected chi connectivity index (χ2v) is 6.16. The summed E-state index contributed by atoms with van der Waals surface area (Å²) in [4.78, 5) is 30.2. The number of rotatable bonds is 6. The molecule has 1 aliphatic rings. The molecule has 1 aliphatic heterocycles. The van der Waals surface area contributed by atoms with Crippen molar-refractivity contribution in [3.8, 4) is 0 Å². The standard InChI is InChI=1S/C22H22N2O3/c1-27-21(26)14-6-3-9-15-24-19-13-8-7-12-18(19)22(23-16-20(24)25)17-10-4-2-5-11-17/h2,4-8,10-14H,3,9,15-16H2,1H3/b14-6+. The second kappa shape index (κ2) is 8.94. The average molecular weight is 362 g/mol. The summed E-state index contributed by atoms with van der Waals surface area (Å²) in [5.41, 5.74) is 3.67. The lowest BCUT2D eigenvalue weighted by Crippen LogP contribution is -2.33. The van der Waals surface area contributed by atoms with Crippen molar-refractivity contribution >= 4 is 23.3 Å². The summed E-state index contributed by atoms with van der Waals surface area (Å²) >= 11 is 0. The van der Waals surface area contributed by atoms with E-state index in [2.05, 4.69) is 9.73 Å². The number of anilines is 1. The summed E-state index contributed by atoms with van der Waals surface area (Å²) in [6, 6.07) is 17.8. The van der Waals surface area contributed by atoms with Crippen molar-refractivity contribution in [2.24, 2.45) is 4.99 Å². The Morgan fingerprint density at radius 2 is 1.89 bits per heavy atom. The number of fused-ring (bicyclic) bond motifs is 1. The number of hydrogen-bond acceptors (Lipinski definition) is 4. The zero-order chi connectivity index (χ0) is 19.1. The smallest absolute Gasteiger partial charge is 0.330 e. The van der Waals surface area contributed by atoms with Crippen molar-refractivity contribution in [2.75, 3.05) is 25.1 Å². The minimum absolute atomic E-state index is 0.0228. The first-order valence-corrected chi connectivity index (χ1v) is 8.95. The van der Waals surface area contributed by atoms with Crippen molar-refractivity contribution in [3.63, 3.8) is 0 Å². The van der Waals surface area contributed by atoms with Gasteiger partial charge in [-0.3, -0.25) is 9.79 Å². The van der Waals surface area contributed by atoms with Crippen LogP contribution < -0.4 is 4.90 Å². The van der Waals surface area contributed by atoms with Gasteiger partial charge in [-0.05, 0) is 18.9 Å². The molecule has 0 aliphatic carbocycles. The summed E-state index contributed by atoms with van der Waals surface area (Å²) in [6.07, 6.45) is 4.61. The number of nitrogens with zero attached hydrogens (tertiary/aromatic N) is 2. The van der Waals surface area contributed by atoms with Gasteiger partial charge in [0.25, 0.3) is 0 Å². The lowest BCUT2D eigenvalue weighted by Gasteiger charge is -2.22. The first-order chi connectivity index (χ1) is 13.2. The van der Waals surface area contributed by atoms with Crippen LogP contribution in [0.25, 0.3) is 0 Å². The Morgan fingerprint density at radius 1 is 1.15 bits per heavy atom. The van der Waals surface area contributed by atoms with Gasteiger partial charge in [0.1, 0.15) is 6.54 Å². The molecule has 2 aromatic rings. The number of benzodiazepines with no additional fused rings is 1. The molecule has 3 rings (SSSR count). The number of benzene rings is 2. The van der Waals surface area contributed by atoms with Crippen LogP contribution in [0.2, 0.25) is 0 Å². The molecular weight excluding hydrogens is 340 g/mol. The van der Waals surface area contributed by atoms with Crippen LogP contribution in [0.1, 0.15) is 24.0 Å². The number of methoxy groups -OCH3 is 1. The summed E-state index contributed by atoms with van der Waals surface area (Å²) in [7, 11) is 1.35. The number of hydrogen-bond donors (Lipinski definition) is 0. The molecule has 0 fully saturated rings. The molecule has 0 spiro atoms. The van der Waals surface area contributed by atoms with E-state index in [0.29, 0.717) is 13.0 Å². The zero-order valence-corrected chi connectivity index (χ0v) is 15.3. The van der Waals surface area contributed by atoms with Crippen LogP contribution in [0.15, 0.2) is 71.7 Å². The lowest BCUT2D eigenvalue weighted by atomic mass is 10.00. The van der Waals surface area contributed by atoms with Crippen LogP contribution in [0.5, 0.6) is 0 Å². The summed E-state index contributed by atoms with van der Waals surface area (Å²) in [5, 5.41) is 0. The third-order valence-electron chi connectivity index (χ3n) is 4.38. The van der Waals surface area contributed by atoms with Gasteiger partial charge in [0, 0.05) is 23.7 Å². The number of carbonyl (C=O) groups is 2. The van der Waals surface area contributed by atoms with E-state index in [1.165, 1.54) is 13.2 Å². The minimum atomic E-state index is -0.368. The normalized spacial score (nSPS) is 13.9. The fraction of sp³-hybridized carbons (Fsp3) is 0.227. The van der Waals surface area contributed by atoms with Crippen LogP contribution in [0.3, 0.4) is 0 Å². The molecule has 0 aromatic heterocycles. The van der Waals surface area contributed by atoms with E-state index in [4.69, 9.17) is 0 Å². The van der Waals surface area contributed by atoms with Gasteiger partial charge in [0.05, 0.1) is 18.5 Å². The Kier molecular flexibility index (Phi) is 6.15. The maximum absolute atomic E-state index is 12.7. The highest BCUT2D eigenvalue weighted by molar-refractivity contribution is 6.19. The lowest BCUT2D eigenvalue weighted by molar-refractivity contribution is -0.134. The largest absolute Gasteiger partial charge is 0.466 e. The molecule has 0 atom stereocenters. The highest BCUT2D eigenvalue weighted by atomic mass is 16.5. The maximum atomic E-state index is 12.7. The fourth-order valence-electron chi connectivity index (χ4n) is 3.06. The monoisotopic (exact) mass is 362 g/mol. The number of carbonyl (C=O) groups excluding carboxylic acids is 2. The number of esters is 1. The molecule has 0 saturated heterocycles. The Balaban J connectivity index is 1.81. The highest BCUT2D eigenvalue weighted by Crippen LogP contribution is 2.27. The van der Waals surface area contributed by atoms with E-state index in [1.807, 2.05) is 54.6 Å². The van der Waals surface area contributed by atoms with Gasteiger partial charge < -0.3 is 9.64 Å². The first-order valence-electron chi connectivity index (χ1n) is 8.95. The molecule has 5 heteroatoms. The molecule has 0 unspecified atom stereocenters. The number of para-hydroxylation sites is 1. The Labute approximate surface area is 159 Å². The van der Waals surface area contributed by atoms with Gasteiger partial charge >= 0.3 is 5.97 Å². The second-order valence-electron chi connectivity index (χ2n) is 6.16. The predicted octanol–water partition coefficient (Wildman–Crippen LogP) is 3.38. The molecule has 0 bridgehead atoms. The molecule has 1 heterocycles. The molecule has 0 saturated carbocycles. The SMILES string of the molecule is COC(=O)/C=C/CCCN1C(=O)CN=C(c2ccccc2)c2ccccc21. The summed E-state index contributed by atoms with van der Waals surface area (Å²) in [6.45, 7) is 0.690. The van der Waals surface area contributed by atoms with Crippen LogP contribution in [-0.2, 0) is 14.3 Å². The van der Waals surface area contributed by atoms with E-state index >= 15 is 0 Å². The Bertz CT molecular complexity index is 872. The quantitative estimate of drug-likeness (QED) is 0.450. The molecule has 27 heavy (non-hydrogen) atoms. The number of amides is 1. The van der Waals surface area contributed by atoms with E-state index in [0.717, 1.165) is 28.9 Å². The molecule has 2 aromatic carbocycles. The fourth-order valence-corrected chi connectivity index (χ4v) is 3.06. The van der Waals surface area contributed by atoms with Gasteiger partial charge in [0.2, 0.25) is 5.91 Å². The van der Waals surface area contributed by atoms with E-state index in [1.54, 1.807) is 11.0 Å². The first kappa shape index (κ1) is 18.6. The van der Waals surface area contributed by atoms with E-state index in [-0.39, 0.29) is 18.4 Å². The van der Waals surface area contributed by atoms with Gasteiger partial charge in [-0.2, -0.15) is 0 Å². The minimum Gasteiger partial charge on any atom is -0.466 e. The zero-order valence-electron chi connectivity index (χ0n) is 15.3. The van der Waals surface area contributed by atoms with Crippen LogP contribution in [-0.4, -0.2) is 37.8 Å². The van der Waals surface area contributed by atoms with Crippen molar-refractivity contribution in [2.45, 2.75) is 12.8 Å². The van der Waals surface area contributed by atoms with Crippen LogP contribution >= 0.6 is 0 Å². The molecule has 0 N–H and O–H groups in total. The number of aliphatic imine (C=N–C) groups is 1. The topological polar surface area (TPSA) is 59.0 Å². The third-order valence-corrected chi connectivity index (χ3v) is 4.38. The number of unbranched alkanes of at least 4 members (excludes halogenated alkanes) is 1.